The standard InChI is InChI=1S/C21H29N.C2H6/c1-5-19-14-20(22-15-18-9-7-6-8-10-18)11-12-21(19)17(4)13-16(2)3;1-2/h5-10,13,20,22H,11-12,14-15H2,1-4H3;1-2H3/b19-5+,21-17-;. The van der Waals surface area contributed by atoms with Crippen molar-refractivity contribution in [1.82, 2.24) is 5.32 Å². The Morgan fingerprint density at radius 3 is 2.38 bits per heavy atom. The molecule has 132 valence electrons. The summed E-state index contributed by atoms with van der Waals surface area (Å²) >= 11 is 0. The van der Waals surface area contributed by atoms with Gasteiger partial charge in [-0.05, 0) is 69.2 Å². The van der Waals surface area contributed by atoms with Crippen LogP contribution in [0.1, 0.15) is 66.4 Å². The van der Waals surface area contributed by atoms with Crippen molar-refractivity contribution in [2.45, 2.75) is 73.4 Å². The average molecular weight is 326 g/mol. The average Bonchev–Trinajstić information content (AvgIpc) is 2.61. The Morgan fingerprint density at radius 2 is 1.79 bits per heavy atom. The molecule has 1 nitrogen and oxygen atoms in total. The van der Waals surface area contributed by atoms with Gasteiger partial charge >= 0.3 is 0 Å². The smallest absolute Gasteiger partial charge is 0.0208 e. The monoisotopic (exact) mass is 325 g/mol. The normalized spacial score (nSPS) is 20.9. The third-order valence-corrected chi connectivity index (χ3v) is 4.36. The van der Waals surface area contributed by atoms with Crippen LogP contribution in [0.2, 0.25) is 0 Å². The molecule has 1 aliphatic rings. The van der Waals surface area contributed by atoms with Crippen LogP contribution in [0.25, 0.3) is 0 Å². The molecule has 1 fully saturated rings. The summed E-state index contributed by atoms with van der Waals surface area (Å²) in [6, 6.07) is 11.3. The van der Waals surface area contributed by atoms with E-state index in [0.717, 1.165) is 13.0 Å². The van der Waals surface area contributed by atoms with Crippen molar-refractivity contribution in [1.29, 1.82) is 0 Å². The van der Waals surface area contributed by atoms with E-state index in [1.54, 1.807) is 5.57 Å². The van der Waals surface area contributed by atoms with Gasteiger partial charge in [0, 0.05) is 12.6 Å². The number of allylic oxidation sites excluding steroid dienone is 5. The molecule has 2 rings (SSSR count). The topological polar surface area (TPSA) is 12.0 Å². The van der Waals surface area contributed by atoms with Crippen molar-refractivity contribution in [3.63, 3.8) is 0 Å². The lowest BCUT2D eigenvalue weighted by Crippen LogP contribution is -2.32. The highest BCUT2D eigenvalue weighted by Gasteiger charge is 2.21. The molecule has 1 aromatic carbocycles. The van der Waals surface area contributed by atoms with Crippen molar-refractivity contribution in [3.8, 4) is 0 Å². The van der Waals surface area contributed by atoms with Crippen LogP contribution in [0.4, 0.5) is 0 Å². The number of rotatable bonds is 4. The van der Waals surface area contributed by atoms with E-state index in [1.807, 2.05) is 13.8 Å². The van der Waals surface area contributed by atoms with Gasteiger partial charge in [0.2, 0.25) is 0 Å². The molecule has 1 aliphatic carbocycles. The Hall–Kier alpha value is -1.60. The summed E-state index contributed by atoms with van der Waals surface area (Å²) in [5, 5.41) is 3.72. The number of hydrogen-bond acceptors (Lipinski definition) is 1. The molecule has 0 aromatic heterocycles. The van der Waals surface area contributed by atoms with Crippen molar-refractivity contribution in [3.05, 3.63) is 70.3 Å². The van der Waals surface area contributed by atoms with Crippen LogP contribution in [0.5, 0.6) is 0 Å². The van der Waals surface area contributed by atoms with Gasteiger partial charge in [0.15, 0.2) is 0 Å². The van der Waals surface area contributed by atoms with E-state index < -0.39 is 0 Å². The van der Waals surface area contributed by atoms with E-state index in [0.29, 0.717) is 6.04 Å². The predicted octanol–water partition coefficient (Wildman–Crippen LogP) is 6.58. The zero-order valence-electron chi connectivity index (χ0n) is 16.4. The summed E-state index contributed by atoms with van der Waals surface area (Å²) in [5.41, 5.74) is 7.26. The first-order chi connectivity index (χ1) is 11.6. The molecule has 1 heteroatoms. The molecule has 0 saturated heterocycles. The van der Waals surface area contributed by atoms with Crippen LogP contribution in [0, 0.1) is 0 Å². The lowest BCUT2D eigenvalue weighted by Gasteiger charge is -2.29. The van der Waals surface area contributed by atoms with Gasteiger partial charge in [0.25, 0.3) is 0 Å². The lowest BCUT2D eigenvalue weighted by atomic mass is 9.83. The maximum absolute atomic E-state index is 3.72. The lowest BCUT2D eigenvalue weighted by molar-refractivity contribution is 0.454. The van der Waals surface area contributed by atoms with Gasteiger partial charge < -0.3 is 5.32 Å². The van der Waals surface area contributed by atoms with Crippen LogP contribution in [-0.2, 0) is 6.54 Å². The largest absolute Gasteiger partial charge is 0.310 e. The first-order valence-electron chi connectivity index (χ1n) is 9.37. The van der Waals surface area contributed by atoms with Gasteiger partial charge in [-0.3, -0.25) is 0 Å². The third kappa shape index (κ3) is 6.49. The second-order valence-electron chi connectivity index (χ2n) is 6.50. The van der Waals surface area contributed by atoms with Crippen molar-refractivity contribution < 1.29 is 0 Å². The van der Waals surface area contributed by atoms with Crippen LogP contribution >= 0.6 is 0 Å². The quantitative estimate of drug-likeness (QED) is 0.659. The Balaban J connectivity index is 0.00000139. The molecule has 0 spiro atoms. The van der Waals surface area contributed by atoms with E-state index in [2.05, 4.69) is 75.5 Å². The fourth-order valence-corrected chi connectivity index (χ4v) is 3.26. The first kappa shape index (κ1) is 20.4. The van der Waals surface area contributed by atoms with Gasteiger partial charge in [0.05, 0.1) is 0 Å². The fourth-order valence-electron chi connectivity index (χ4n) is 3.26. The Labute approximate surface area is 149 Å². The molecule has 0 heterocycles. The van der Waals surface area contributed by atoms with E-state index in [9.17, 15) is 0 Å². The summed E-state index contributed by atoms with van der Waals surface area (Å²) < 4.78 is 0. The molecule has 1 aromatic rings. The summed E-state index contributed by atoms with van der Waals surface area (Å²) in [4.78, 5) is 0. The van der Waals surface area contributed by atoms with Crippen LogP contribution < -0.4 is 5.32 Å². The minimum atomic E-state index is 0.592. The van der Waals surface area contributed by atoms with Gasteiger partial charge in [-0.2, -0.15) is 0 Å². The van der Waals surface area contributed by atoms with Gasteiger partial charge in [-0.1, -0.05) is 61.9 Å². The summed E-state index contributed by atoms with van der Waals surface area (Å²) in [7, 11) is 0. The second-order valence-corrected chi connectivity index (χ2v) is 6.50. The third-order valence-electron chi connectivity index (χ3n) is 4.36. The fraction of sp³-hybridized carbons (Fsp3) is 0.478. The zero-order valence-corrected chi connectivity index (χ0v) is 16.4. The zero-order chi connectivity index (χ0) is 17.9. The maximum Gasteiger partial charge on any atom is 0.0208 e. The molecule has 1 N–H and O–H groups in total. The molecular weight excluding hydrogens is 290 g/mol. The van der Waals surface area contributed by atoms with Crippen molar-refractivity contribution in [2.75, 3.05) is 0 Å². The highest BCUT2D eigenvalue weighted by molar-refractivity contribution is 5.41. The summed E-state index contributed by atoms with van der Waals surface area (Å²) in [5.74, 6) is 0. The molecule has 0 amide bonds. The van der Waals surface area contributed by atoms with Crippen LogP contribution in [-0.4, -0.2) is 6.04 Å². The van der Waals surface area contributed by atoms with Crippen LogP contribution in [0.3, 0.4) is 0 Å². The summed E-state index contributed by atoms with van der Waals surface area (Å²) in [6.07, 6.45) is 8.17. The Bertz CT molecular complexity index is 571. The van der Waals surface area contributed by atoms with Gasteiger partial charge in [0.1, 0.15) is 0 Å². The molecular formula is C23H35N. The molecule has 1 saturated carbocycles. The van der Waals surface area contributed by atoms with E-state index in [4.69, 9.17) is 0 Å². The first-order valence-corrected chi connectivity index (χ1v) is 9.37. The Morgan fingerprint density at radius 1 is 1.12 bits per heavy atom. The second kappa shape index (κ2) is 11.0. The van der Waals surface area contributed by atoms with Crippen molar-refractivity contribution in [2.24, 2.45) is 0 Å². The molecule has 24 heavy (non-hydrogen) atoms. The summed E-state index contributed by atoms with van der Waals surface area (Å²) in [6.45, 7) is 13.7. The minimum Gasteiger partial charge on any atom is -0.310 e. The SMILES string of the molecule is C/C=C1\CC(NCc2ccccc2)CC\C1=C(/C)C=C(C)C.CC. The maximum atomic E-state index is 3.72. The molecule has 0 aliphatic heterocycles. The van der Waals surface area contributed by atoms with E-state index in [1.165, 1.54) is 35.1 Å². The minimum absolute atomic E-state index is 0.592. The molecule has 0 bridgehead atoms. The van der Waals surface area contributed by atoms with Gasteiger partial charge in [-0.25, -0.2) is 0 Å². The molecule has 0 radical (unpaired) electrons. The predicted molar refractivity (Wildman–Crippen MR) is 108 cm³/mol. The van der Waals surface area contributed by atoms with Crippen molar-refractivity contribution >= 4 is 0 Å². The van der Waals surface area contributed by atoms with Gasteiger partial charge in [-0.15, -0.1) is 0 Å². The number of benzene rings is 1. The molecule has 1 atom stereocenters. The van der Waals surface area contributed by atoms with E-state index >= 15 is 0 Å². The van der Waals surface area contributed by atoms with Crippen LogP contribution in [0.15, 0.2) is 64.8 Å². The van der Waals surface area contributed by atoms with E-state index in [-0.39, 0.29) is 0 Å². The number of hydrogen-bond donors (Lipinski definition) is 1. The number of nitrogens with one attached hydrogen (secondary N) is 1. The highest BCUT2D eigenvalue weighted by atomic mass is 14.9. The Kier molecular flexibility index (Phi) is 9.41. The molecule has 1 unspecified atom stereocenters. The highest BCUT2D eigenvalue weighted by Crippen LogP contribution is 2.32.